The number of nitrogens with one attached hydrogen (secondary N) is 1. The Hall–Kier alpha value is -1.87. The number of aryl methyl sites for hydroxylation is 2. The molecule has 2 aromatic carbocycles. The highest BCUT2D eigenvalue weighted by Gasteiger charge is 2.16. The van der Waals surface area contributed by atoms with E-state index in [1.54, 1.807) is 11.8 Å². The first-order valence-electron chi connectivity index (χ1n) is 12.3. The molecule has 2 nitrogen and oxygen atoms in total. The van der Waals surface area contributed by atoms with Crippen molar-refractivity contribution in [3.8, 4) is 0 Å². The summed E-state index contributed by atoms with van der Waals surface area (Å²) in [5, 5.41) is 4.39. The largest absolute Gasteiger partial charge is 0.388 e. The zero-order valence-corrected chi connectivity index (χ0v) is 22.7. The molecule has 0 bridgehead atoms. The molecule has 32 heavy (non-hydrogen) atoms. The number of hydrogen-bond acceptors (Lipinski definition) is 3. The standard InChI is InChI=1S/C23H32N2S.C6H14/c1-7-9-15-25(22-12-10-11-21(24-6)18(22)4)19(5)26-23-16-20(8-2)14-13-17(23)3;1-4-5-6(2)3/h10-14,16,24H,5,7-9,15H2,1-4,6H3;6H,4-5H2,1-3H3. The first-order chi connectivity index (χ1) is 15.3. The third kappa shape index (κ3) is 8.94. The lowest BCUT2D eigenvalue weighted by Gasteiger charge is -2.29. The van der Waals surface area contributed by atoms with E-state index in [4.69, 9.17) is 0 Å². The van der Waals surface area contributed by atoms with Crippen molar-refractivity contribution in [2.75, 3.05) is 23.8 Å². The van der Waals surface area contributed by atoms with E-state index in [2.05, 4.69) is 102 Å². The van der Waals surface area contributed by atoms with Gasteiger partial charge < -0.3 is 10.2 Å². The van der Waals surface area contributed by atoms with Crippen LogP contribution in [-0.4, -0.2) is 13.6 Å². The van der Waals surface area contributed by atoms with Crippen molar-refractivity contribution in [2.45, 2.75) is 85.5 Å². The van der Waals surface area contributed by atoms with Crippen molar-refractivity contribution in [1.29, 1.82) is 0 Å². The van der Waals surface area contributed by atoms with Gasteiger partial charge in [0, 0.05) is 29.9 Å². The fourth-order valence-electron chi connectivity index (χ4n) is 3.62. The molecule has 0 saturated heterocycles. The molecule has 2 rings (SSSR count). The summed E-state index contributed by atoms with van der Waals surface area (Å²) in [4.78, 5) is 3.68. The van der Waals surface area contributed by atoms with Crippen LogP contribution in [0.25, 0.3) is 0 Å². The molecule has 0 aliphatic rings. The molecule has 0 spiro atoms. The minimum atomic E-state index is 0.898. The first-order valence-corrected chi connectivity index (χ1v) is 13.1. The molecule has 0 aliphatic carbocycles. The Bertz CT molecular complexity index is 826. The fourth-order valence-corrected chi connectivity index (χ4v) is 4.61. The SMILES string of the molecule is C=C(Sc1cc(CC)ccc1C)N(CCCC)c1cccc(NC)c1C.CCCC(C)C. The second-order valence-corrected chi connectivity index (χ2v) is 9.95. The topological polar surface area (TPSA) is 15.3 Å². The normalized spacial score (nSPS) is 10.5. The number of rotatable bonds is 11. The van der Waals surface area contributed by atoms with E-state index in [1.165, 1.54) is 52.2 Å². The van der Waals surface area contributed by atoms with Gasteiger partial charge in [0.05, 0.1) is 5.03 Å². The summed E-state index contributed by atoms with van der Waals surface area (Å²) in [6.07, 6.45) is 6.08. The first kappa shape index (κ1) is 28.2. The Morgan fingerprint density at radius 3 is 2.31 bits per heavy atom. The van der Waals surface area contributed by atoms with Gasteiger partial charge in [-0.2, -0.15) is 0 Å². The summed E-state index contributed by atoms with van der Waals surface area (Å²) in [5.74, 6) is 0.898. The summed E-state index contributed by atoms with van der Waals surface area (Å²) < 4.78 is 0. The molecule has 1 N–H and O–H groups in total. The van der Waals surface area contributed by atoms with E-state index in [1.807, 2.05) is 7.05 Å². The van der Waals surface area contributed by atoms with Gasteiger partial charge in [-0.3, -0.25) is 0 Å². The molecular formula is C29H46N2S. The average Bonchev–Trinajstić information content (AvgIpc) is 2.77. The molecule has 0 saturated carbocycles. The van der Waals surface area contributed by atoms with Gasteiger partial charge in [0.1, 0.15) is 0 Å². The Morgan fingerprint density at radius 2 is 1.78 bits per heavy atom. The molecule has 0 atom stereocenters. The van der Waals surface area contributed by atoms with Crippen LogP contribution in [0.4, 0.5) is 11.4 Å². The number of anilines is 2. The number of benzene rings is 2. The van der Waals surface area contributed by atoms with Crippen LogP contribution in [0.1, 0.15) is 77.0 Å². The molecule has 0 aromatic heterocycles. The second-order valence-electron chi connectivity index (χ2n) is 8.84. The van der Waals surface area contributed by atoms with E-state index < -0.39 is 0 Å². The molecule has 0 aliphatic heterocycles. The van der Waals surface area contributed by atoms with Crippen LogP contribution in [0.2, 0.25) is 0 Å². The van der Waals surface area contributed by atoms with Crippen LogP contribution < -0.4 is 10.2 Å². The second kappa shape index (κ2) is 15.1. The van der Waals surface area contributed by atoms with Gasteiger partial charge in [-0.25, -0.2) is 0 Å². The van der Waals surface area contributed by atoms with Crippen molar-refractivity contribution in [2.24, 2.45) is 5.92 Å². The van der Waals surface area contributed by atoms with Gasteiger partial charge >= 0.3 is 0 Å². The van der Waals surface area contributed by atoms with Crippen LogP contribution in [0, 0.1) is 19.8 Å². The summed E-state index contributed by atoms with van der Waals surface area (Å²) in [6.45, 7) is 21.0. The predicted molar refractivity (Wildman–Crippen MR) is 148 cm³/mol. The Kier molecular flexibility index (Phi) is 13.2. The molecule has 0 unspecified atom stereocenters. The van der Waals surface area contributed by atoms with E-state index in [9.17, 15) is 0 Å². The third-order valence-corrected chi connectivity index (χ3v) is 6.77. The van der Waals surface area contributed by atoms with E-state index >= 15 is 0 Å². The minimum absolute atomic E-state index is 0.898. The van der Waals surface area contributed by atoms with Gasteiger partial charge in [-0.05, 0) is 67.5 Å². The van der Waals surface area contributed by atoms with E-state index in [0.29, 0.717) is 0 Å². The number of thioether (sulfide) groups is 1. The summed E-state index contributed by atoms with van der Waals surface area (Å²) in [7, 11) is 1.98. The van der Waals surface area contributed by atoms with Gasteiger partial charge in [-0.15, -0.1) is 0 Å². The van der Waals surface area contributed by atoms with Crippen molar-refractivity contribution in [1.82, 2.24) is 0 Å². The lowest BCUT2D eigenvalue weighted by atomic mass is 10.1. The number of nitrogens with zero attached hydrogens (tertiary/aromatic N) is 1. The summed E-state index contributed by atoms with van der Waals surface area (Å²) in [6, 6.07) is 13.2. The molecule has 0 fully saturated rings. The maximum Gasteiger partial charge on any atom is 0.0727 e. The molecular weight excluding hydrogens is 408 g/mol. The Labute approximate surface area is 202 Å². The number of hydrogen-bond donors (Lipinski definition) is 1. The van der Waals surface area contributed by atoms with Crippen molar-refractivity contribution in [3.05, 3.63) is 64.7 Å². The van der Waals surface area contributed by atoms with E-state index in [0.717, 1.165) is 30.3 Å². The Morgan fingerprint density at radius 1 is 1.06 bits per heavy atom. The highest BCUT2D eigenvalue weighted by Crippen LogP contribution is 2.37. The van der Waals surface area contributed by atoms with Crippen molar-refractivity contribution >= 4 is 23.1 Å². The summed E-state index contributed by atoms with van der Waals surface area (Å²) >= 11 is 1.79. The molecule has 3 heteroatoms. The smallest absolute Gasteiger partial charge is 0.0727 e. The zero-order chi connectivity index (χ0) is 24.1. The van der Waals surface area contributed by atoms with Gasteiger partial charge in [-0.1, -0.05) is 90.4 Å². The predicted octanol–water partition coefficient (Wildman–Crippen LogP) is 9.22. The lowest BCUT2D eigenvalue weighted by molar-refractivity contribution is 0.576. The Balaban J connectivity index is 0.000000751. The van der Waals surface area contributed by atoms with Gasteiger partial charge in [0.2, 0.25) is 0 Å². The maximum atomic E-state index is 4.44. The van der Waals surface area contributed by atoms with Crippen LogP contribution in [0.5, 0.6) is 0 Å². The molecule has 0 amide bonds. The molecule has 0 heterocycles. The van der Waals surface area contributed by atoms with Crippen molar-refractivity contribution < 1.29 is 0 Å². The lowest BCUT2D eigenvalue weighted by Crippen LogP contribution is -2.22. The molecule has 2 aromatic rings. The molecule has 0 radical (unpaired) electrons. The van der Waals surface area contributed by atoms with Crippen LogP contribution in [-0.2, 0) is 6.42 Å². The van der Waals surface area contributed by atoms with Crippen molar-refractivity contribution in [3.63, 3.8) is 0 Å². The van der Waals surface area contributed by atoms with Gasteiger partial charge in [0.15, 0.2) is 0 Å². The number of unbranched alkanes of at least 4 members (excludes halogenated alkanes) is 1. The molecule has 178 valence electrons. The third-order valence-electron chi connectivity index (χ3n) is 5.66. The fraction of sp³-hybridized carbons (Fsp3) is 0.517. The maximum absolute atomic E-state index is 4.44. The zero-order valence-electron chi connectivity index (χ0n) is 21.8. The monoisotopic (exact) mass is 454 g/mol. The highest BCUT2D eigenvalue weighted by atomic mass is 32.2. The van der Waals surface area contributed by atoms with Gasteiger partial charge in [0.25, 0.3) is 0 Å². The van der Waals surface area contributed by atoms with Crippen LogP contribution in [0.15, 0.2) is 52.9 Å². The minimum Gasteiger partial charge on any atom is -0.388 e. The van der Waals surface area contributed by atoms with Crippen LogP contribution in [0.3, 0.4) is 0 Å². The average molecular weight is 455 g/mol. The summed E-state index contributed by atoms with van der Waals surface area (Å²) in [5.41, 5.74) is 6.37. The highest BCUT2D eigenvalue weighted by molar-refractivity contribution is 8.03. The quantitative estimate of drug-likeness (QED) is 0.341. The van der Waals surface area contributed by atoms with E-state index in [-0.39, 0.29) is 0 Å². The van der Waals surface area contributed by atoms with Crippen LogP contribution >= 0.6 is 11.8 Å².